The second kappa shape index (κ2) is 7.57. The largest absolute Gasteiger partial charge is 0.486 e. The van der Waals surface area contributed by atoms with Crippen LogP contribution in [0.4, 0.5) is 0 Å². The van der Waals surface area contributed by atoms with Gasteiger partial charge in [-0.2, -0.15) is 5.10 Å². The third-order valence-electron chi connectivity index (χ3n) is 6.14. The first-order chi connectivity index (χ1) is 14.1. The van der Waals surface area contributed by atoms with Crippen LogP contribution in [0.2, 0.25) is 0 Å². The fourth-order valence-electron chi connectivity index (χ4n) is 4.25. The SMILES string of the molecule is Cn1c(C2CC2)nn(CN2CCC(C(=O)c3ccc4c(c3)OCCO4)CC2)c1=S. The molecule has 29 heavy (non-hydrogen) atoms. The minimum absolute atomic E-state index is 0.0486. The molecule has 1 aromatic heterocycles. The summed E-state index contributed by atoms with van der Waals surface area (Å²) in [6.45, 7) is 3.53. The highest BCUT2D eigenvalue weighted by molar-refractivity contribution is 7.71. The van der Waals surface area contributed by atoms with Gasteiger partial charge >= 0.3 is 0 Å². The molecular formula is C21H26N4O3S. The van der Waals surface area contributed by atoms with Crippen LogP contribution in [0.25, 0.3) is 0 Å². The zero-order valence-electron chi connectivity index (χ0n) is 16.7. The summed E-state index contributed by atoms with van der Waals surface area (Å²) >= 11 is 5.57. The Balaban J connectivity index is 1.21. The molecule has 0 bridgehead atoms. The Morgan fingerprint density at radius 1 is 1.14 bits per heavy atom. The van der Waals surface area contributed by atoms with Crippen molar-refractivity contribution in [1.82, 2.24) is 19.2 Å². The van der Waals surface area contributed by atoms with Gasteiger partial charge in [-0.3, -0.25) is 9.69 Å². The quantitative estimate of drug-likeness (QED) is 0.553. The molecule has 0 spiro atoms. The Bertz CT molecular complexity index is 986. The first-order valence-electron chi connectivity index (χ1n) is 10.4. The number of rotatable bonds is 5. The Hall–Kier alpha value is -2.19. The van der Waals surface area contributed by atoms with Gasteiger partial charge in [-0.15, -0.1) is 0 Å². The molecule has 0 unspecified atom stereocenters. The van der Waals surface area contributed by atoms with Gasteiger partial charge in [0.05, 0.1) is 6.67 Å². The van der Waals surface area contributed by atoms with Crippen molar-refractivity contribution in [3.63, 3.8) is 0 Å². The van der Waals surface area contributed by atoms with Gasteiger partial charge in [-0.1, -0.05) is 0 Å². The van der Waals surface area contributed by atoms with Gasteiger partial charge in [0.2, 0.25) is 0 Å². The Morgan fingerprint density at radius 3 is 2.59 bits per heavy atom. The molecule has 2 aliphatic heterocycles. The lowest BCUT2D eigenvalue weighted by atomic mass is 9.89. The van der Waals surface area contributed by atoms with Crippen LogP contribution in [0.15, 0.2) is 18.2 Å². The number of hydrogen-bond acceptors (Lipinski definition) is 6. The third-order valence-corrected chi connectivity index (χ3v) is 6.62. The lowest BCUT2D eigenvalue weighted by Crippen LogP contribution is -2.37. The average Bonchev–Trinajstić information content (AvgIpc) is 3.56. The van der Waals surface area contributed by atoms with Crippen LogP contribution in [0.5, 0.6) is 11.5 Å². The van der Waals surface area contributed by atoms with Crippen LogP contribution in [0.3, 0.4) is 0 Å². The molecule has 1 saturated heterocycles. The standard InChI is InChI=1S/C21H26N4O3S/c1-23-20(15-2-3-15)22-25(21(23)29)13-24-8-6-14(7-9-24)19(26)16-4-5-17-18(12-16)28-11-10-27-17/h4-5,12,14-15H,2-3,6-11,13H2,1H3. The van der Waals surface area contributed by atoms with Crippen LogP contribution in [-0.2, 0) is 13.7 Å². The van der Waals surface area contributed by atoms with Crippen molar-refractivity contribution < 1.29 is 14.3 Å². The Kier molecular flexibility index (Phi) is 4.91. The van der Waals surface area contributed by atoms with Gasteiger partial charge in [0, 0.05) is 37.5 Å². The molecule has 1 aromatic carbocycles. The van der Waals surface area contributed by atoms with Gasteiger partial charge in [0.15, 0.2) is 22.1 Å². The number of nitrogens with zero attached hydrogens (tertiary/aromatic N) is 4. The van der Waals surface area contributed by atoms with E-state index in [-0.39, 0.29) is 11.7 Å². The van der Waals surface area contributed by atoms with Crippen molar-refractivity contribution >= 4 is 18.0 Å². The Labute approximate surface area is 175 Å². The molecule has 154 valence electrons. The summed E-state index contributed by atoms with van der Waals surface area (Å²) < 4.78 is 15.9. The van der Waals surface area contributed by atoms with Crippen molar-refractivity contribution in [3.8, 4) is 11.5 Å². The van der Waals surface area contributed by atoms with E-state index in [0.29, 0.717) is 37.1 Å². The van der Waals surface area contributed by atoms with E-state index in [1.54, 1.807) is 0 Å². The monoisotopic (exact) mass is 414 g/mol. The van der Waals surface area contributed by atoms with Crippen LogP contribution in [-0.4, -0.2) is 51.3 Å². The fraction of sp³-hybridized carbons (Fsp3) is 0.571. The number of hydrogen-bond donors (Lipinski definition) is 0. The molecule has 0 amide bonds. The maximum atomic E-state index is 13.0. The Morgan fingerprint density at radius 2 is 1.86 bits per heavy atom. The number of aromatic nitrogens is 3. The molecule has 1 saturated carbocycles. The fourth-order valence-corrected chi connectivity index (χ4v) is 4.44. The zero-order chi connectivity index (χ0) is 20.0. The number of ether oxygens (including phenoxy) is 2. The van der Waals surface area contributed by atoms with Gasteiger partial charge < -0.3 is 14.0 Å². The molecule has 3 heterocycles. The molecule has 0 radical (unpaired) electrons. The number of carbonyl (C=O) groups is 1. The summed E-state index contributed by atoms with van der Waals surface area (Å²) in [7, 11) is 2.01. The molecule has 2 aromatic rings. The molecule has 2 fully saturated rings. The summed E-state index contributed by atoms with van der Waals surface area (Å²) in [4.78, 5) is 15.3. The first-order valence-corrected chi connectivity index (χ1v) is 10.8. The molecule has 0 N–H and O–H groups in total. The van der Waals surface area contributed by atoms with E-state index in [4.69, 9.17) is 26.8 Å². The maximum Gasteiger partial charge on any atom is 0.198 e. The van der Waals surface area contributed by atoms with Crippen molar-refractivity contribution in [2.75, 3.05) is 26.3 Å². The predicted molar refractivity (Wildman–Crippen MR) is 110 cm³/mol. The zero-order valence-corrected chi connectivity index (χ0v) is 17.5. The van der Waals surface area contributed by atoms with Gasteiger partial charge in [0.25, 0.3) is 0 Å². The number of carbonyl (C=O) groups excluding carboxylic acids is 1. The van der Waals surface area contributed by atoms with E-state index in [1.165, 1.54) is 12.8 Å². The lowest BCUT2D eigenvalue weighted by molar-refractivity contribution is 0.0802. The number of fused-ring (bicyclic) bond motifs is 1. The minimum atomic E-state index is 0.0486. The highest BCUT2D eigenvalue weighted by atomic mass is 32.1. The highest BCUT2D eigenvalue weighted by Crippen LogP contribution is 2.39. The van der Waals surface area contributed by atoms with E-state index >= 15 is 0 Å². The summed E-state index contributed by atoms with van der Waals surface area (Å²) in [6, 6.07) is 5.53. The van der Waals surface area contributed by atoms with Gasteiger partial charge in [0.1, 0.15) is 19.0 Å². The number of piperidine rings is 1. The topological polar surface area (TPSA) is 61.5 Å². The van der Waals surface area contributed by atoms with Crippen LogP contribution in [0.1, 0.15) is 47.8 Å². The molecule has 5 rings (SSSR count). The number of benzene rings is 1. The van der Waals surface area contributed by atoms with Gasteiger partial charge in [-0.25, -0.2) is 4.68 Å². The molecular weight excluding hydrogens is 388 g/mol. The molecule has 7 nitrogen and oxygen atoms in total. The maximum absolute atomic E-state index is 13.0. The summed E-state index contributed by atoms with van der Waals surface area (Å²) in [5, 5.41) is 4.75. The average molecular weight is 415 g/mol. The second-order valence-electron chi connectivity index (χ2n) is 8.23. The molecule has 8 heteroatoms. The highest BCUT2D eigenvalue weighted by Gasteiger charge is 2.30. The van der Waals surface area contributed by atoms with E-state index in [9.17, 15) is 4.79 Å². The van der Waals surface area contributed by atoms with Crippen LogP contribution < -0.4 is 9.47 Å². The third kappa shape index (κ3) is 3.71. The van der Waals surface area contributed by atoms with E-state index < -0.39 is 0 Å². The van der Waals surface area contributed by atoms with E-state index in [1.807, 2.05) is 34.5 Å². The predicted octanol–water partition coefficient (Wildman–Crippen LogP) is 3.15. The number of likely N-dealkylation sites (tertiary alicyclic amines) is 1. The normalized spacial score (nSPS) is 20.0. The summed E-state index contributed by atoms with van der Waals surface area (Å²) in [6.07, 6.45) is 4.13. The van der Waals surface area contributed by atoms with Crippen LogP contribution >= 0.6 is 12.2 Å². The number of ketones is 1. The van der Waals surface area contributed by atoms with Crippen molar-refractivity contribution in [2.24, 2.45) is 13.0 Å². The first kappa shape index (κ1) is 18.8. The van der Waals surface area contributed by atoms with E-state index in [2.05, 4.69) is 4.90 Å². The summed E-state index contributed by atoms with van der Waals surface area (Å²) in [5.41, 5.74) is 0.716. The smallest absolute Gasteiger partial charge is 0.198 e. The number of Topliss-reactive ketones (excluding diaryl/α,β-unsaturated/α-hetero) is 1. The van der Waals surface area contributed by atoms with E-state index in [0.717, 1.165) is 42.3 Å². The van der Waals surface area contributed by atoms with Crippen molar-refractivity contribution in [3.05, 3.63) is 34.4 Å². The molecule has 0 atom stereocenters. The summed E-state index contributed by atoms with van der Waals surface area (Å²) in [5.74, 6) is 3.34. The van der Waals surface area contributed by atoms with Gasteiger partial charge in [-0.05, 0) is 56.1 Å². The van der Waals surface area contributed by atoms with Crippen molar-refractivity contribution in [2.45, 2.75) is 38.3 Å². The van der Waals surface area contributed by atoms with Crippen LogP contribution in [0, 0.1) is 10.7 Å². The molecule has 3 aliphatic rings. The lowest BCUT2D eigenvalue weighted by Gasteiger charge is -2.31. The molecule has 1 aliphatic carbocycles. The van der Waals surface area contributed by atoms with Crippen molar-refractivity contribution in [1.29, 1.82) is 0 Å². The minimum Gasteiger partial charge on any atom is -0.486 e. The second-order valence-corrected chi connectivity index (χ2v) is 8.60.